The van der Waals surface area contributed by atoms with E-state index in [2.05, 4.69) is 33.8 Å². The van der Waals surface area contributed by atoms with Gasteiger partial charge in [0.05, 0.1) is 7.11 Å². The Balaban J connectivity index is 1.21. The van der Waals surface area contributed by atoms with Crippen LogP contribution < -0.4 is 10.1 Å². The second-order valence-corrected chi connectivity index (χ2v) is 9.83. The van der Waals surface area contributed by atoms with Crippen LogP contribution in [0.2, 0.25) is 0 Å². The van der Waals surface area contributed by atoms with Crippen molar-refractivity contribution < 1.29 is 14.3 Å². The van der Waals surface area contributed by atoms with Crippen molar-refractivity contribution in [1.82, 2.24) is 9.80 Å². The molecule has 35 heavy (non-hydrogen) atoms. The first kappa shape index (κ1) is 24.9. The Bertz CT molecular complexity index is 1090. The molecule has 1 aromatic heterocycles. The normalized spacial score (nSPS) is 14.0. The number of rotatable bonds is 10. The summed E-state index contributed by atoms with van der Waals surface area (Å²) in [5, 5.41) is 5.00. The number of ether oxygens (including phenoxy) is 1. The van der Waals surface area contributed by atoms with Gasteiger partial charge < -0.3 is 15.0 Å². The molecule has 2 amide bonds. The molecule has 1 N–H and O–H groups in total. The van der Waals surface area contributed by atoms with Crippen molar-refractivity contribution in [3.05, 3.63) is 82.0 Å². The highest BCUT2D eigenvalue weighted by atomic mass is 32.1. The number of hydrogen-bond donors (Lipinski definition) is 1. The Kier molecular flexibility index (Phi) is 8.92. The lowest BCUT2D eigenvalue weighted by Crippen LogP contribution is -2.49. The van der Waals surface area contributed by atoms with Crippen molar-refractivity contribution in [1.29, 1.82) is 0 Å². The van der Waals surface area contributed by atoms with E-state index in [-0.39, 0.29) is 11.8 Å². The third-order valence-corrected chi connectivity index (χ3v) is 7.27. The second kappa shape index (κ2) is 12.5. The van der Waals surface area contributed by atoms with Gasteiger partial charge in [-0.3, -0.25) is 14.5 Å². The average molecular weight is 492 g/mol. The summed E-state index contributed by atoms with van der Waals surface area (Å²) in [6.45, 7) is 4.12. The first-order valence-electron chi connectivity index (χ1n) is 12.2. The van der Waals surface area contributed by atoms with Gasteiger partial charge in [0.25, 0.3) is 5.91 Å². The van der Waals surface area contributed by atoms with Crippen molar-refractivity contribution in [2.75, 3.05) is 45.2 Å². The zero-order valence-corrected chi connectivity index (χ0v) is 21.1. The van der Waals surface area contributed by atoms with Crippen LogP contribution in [0.4, 0.5) is 5.69 Å². The minimum absolute atomic E-state index is 0.0170. The lowest BCUT2D eigenvalue weighted by Gasteiger charge is -2.34. The monoisotopic (exact) mass is 491 g/mol. The van der Waals surface area contributed by atoms with E-state index in [1.54, 1.807) is 24.5 Å². The topological polar surface area (TPSA) is 61.9 Å². The fraction of sp³-hybridized carbons (Fsp3) is 0.357. The number of hydrogen-bond acceptors (Lipinski definition) is 5. The number of carbonyl (C=O) groups excluding carboxylic acids is 2. The molecule has 3 aromatic rings. The Labute approximate surface area is 211 Å². The first-order chi connectivity index (χ1) is 17.1. The average Bonchev–Trinajstić information content (AvgIpc) is 3.41. The number of nitrogens with one attached hydrogen (secondary N) is 1. The van der Waals surface area contributed by atoms with Gasteiger partial charge in [0.15, 0.2) is 0 Å². The van der Waals surface area contributed by atoms with Gasteiger partial charge in [-0.2, -0.15) is 0 Å². The third kappa shape index (κ3) is 7.41. The number of nitrogens with zero attached hydrogens (tertiary/aromatic N) is 2. The number of amides is 2. The molecule has 2 aromatic carbocycles. The maximum atomic E-state index is 13.1. The summed E-state index contributed by atoms with van der Waals surface area (Å²) >= 11 is 1.72. The van der Waals surface area contributed by atoms with Gasteiger partial charge in [0.2, 0.25) is 5.91 Å². The van der Waals surface area contributed by atoms with E-state index < -0.39 is 0 Å². The van der Waals surface area contributed by atoms with Crippen molar-refractivity contribution in [2.45, 2.75) is 25.7 Å². The first-order valence-corrected chi connectivity index (χ1v) is 13.1. The smallest absolute Gasteiger partial charge is 0.254 e. The summed E-state index contributed by atoms with van der Waals surface area (Å²) in [5.74, 6) is 0.879. The number of anilines is 1. The highest BCUT2D eigenvalue weighted by Gasteiger charge is 2.22. The molecule has 1 fully saturated rings. The van der Waals surface area contributed by atoms with Gasteiger partial charge >= 0.3 is 0 Å². The maximum absolute atomic E-state index is 13.1. The summed E-state index contributed by atoms with van der Waals surface area (Å²) in [5.41, 5.74) is 2.58. The molecule has 1 aliphatic rings. The lowest BCUT2D eigenvalue weighted by atomic mass is 10.1. The maximum Gasteiger partial charge on any atom is 0.254 e. The van der Waals surface area contributed by atoms with E-state index in [9.17, 15) is 9.59 Å². The Morgan fingerprint density at radius 2 is 1.77 bits per heavy atom. The Morgan fingerprint density at radius 3 is 2.49 bits per heavy atom. The molecule has 0 unspecified atom stereocenters. The molecule has 0 atom stereocenters. The summed E-state index contributed by atoms with van der Waals surface area (Å²) in [7, 11) is 1.68. The van der Waals surface area contributed by atoms with Gasteiger partial charge in [-0.05, 0) is 66.6 Å². The number of benzene rings is 2. The number of methoxy groups -OCH3 is 1. The predicted octanol–water partition coefficient (Wildman–Crippen LogP) is 4.72. The zero-order valence-electron chi connectivity index (χ0n) is 20.2. The molecule has 0 bridgehead atoms. The number of carbonyl (C=O) groups is 2. The molecule has 0 spiro atoms. The Morgan fingerprint density at radius 1 is 0.971 bits per heavy atom. The molecular formula is C28H33N3O3S. The SMILES string of the molecule is COc1ccc(CCN2CCN(C(=O)c3cccc(NC(=O)CCCc4cccs4)c3)CC2)cc1. The zero-order chi connectivity index (χ0) is 24.5. The van der Waals surface area contributed by atoms with Crippen LogP contribution in [0.25, 0.3) is 0 Å². The van der Waals surface area contributed by atoms with Gasteiger partial charge in [-0.1, -0.05) is 24.3 Å². The molecule has 0 aliphatic carbocycles. The van der Waals surface area contributed by atoms with Crippen molar-refractivity contribution >= 4 is 28.8 Å². The largest absolute Gasteiger partial charge is 0.497 e. The van der Waals surface area contributed by atoms with E-state index in [1.807, 2.05) is 41.3 Å². The minimum Gasteiger partial charge on any atom is -0.497 e. The van der Waals surface area contributed by atoms with Gasteiger partial charge in [-0.25, -0.2) is 0 Å². The van der Waals surface area contributed by atoms with E-state index in [0.717, 1.165) is 44.6 Å². The van der Waals surface area contributed by atoms with Crippen molar-refractivity contribution in [3.8, 4) is 5.75 Å². The second-order valence-electron chi connectivity index (χ2n) is 8.79. The molecule has 2 heterocycles. The van der Waals surface area contributed by atoms with E-state index in [0.29, 0.717) is 30.8 Å². The molecule has 0 radical (unpaired) electrons. The van der Waals surface area contributed by atoms with E-state index in [4.69, 9.17) is 4.74 Å². The van der Waals surface area contributed by atoms with Crippen LogP contribution >= 0.6 is 11.3 Å². The van der Waals surface area contributed by atoms with Crippen LogP contribution in [0.5, 0.6) is 5.75 Å². The standard InChI is InChI=1S/C28H33N3O3S/c1-34-25-12-10-22(11-13-25)14-15-30-16-18-31(19-17-30)28(33)23-5-2-6-24(21-23)29-27(32)9-3-7-26-8-4-20-35-26/h2,4-6,8,10-13,20-21H,3,7,9,14-19H2,1H3,(H,29,32). The molecule has 4 rings (SSSR count). The van der Waals surface area contributed by atoms with Crippen LogP contribution in [0.15, 0.2) is 66.0 Å². The molecule has 184 valence electrons. The summed E-state index contributed by atoms with van der Waals surface area (Å²) in [4.78, 5) is 31.0. The molecule has 7 heteroatoms. The van der Waals surface area contributed by atoms with Gasteiger partial charge in [0.1, 0.15) is 5.75 Å². The van der Waals surface area contributed by atoms with Crippen LogP contribution in [0, 0.1) is 0 Å². The molecule has 6 nitrogen and oxygen atoms in total. The highest BCUT2D eigenvalue weighted by molar-refractivity contribution is 7.09. The molecule has 0 saturated carbocycles. The fourth-order valence-electron chi connectivity index (χ4n) is 4.27. The Hall–Kier alpha value is -3.16. The van der Waals surface area contributed by atoms with Crippen LogP contribution in [0.3, 0.4) is 0 Å². The summed E-state index contributed by atoms with van der Waals surface area (Å²) in [6.07, 6.45) is 3.17. The predicted molar refractivity (Wildman–Crippen MR) is 141 cm³/mol. The quantitative estimate of drug-likeness (QED) is 0.446. The molecule has 1 saturated heterocycles. The molecule has 1 aliphatic heterocycles. The number of piperazine rings is 1. The van der Waals surface area contributed by atoms with Crippen LogP contribution in [-0.2, 0) is 17.6 Å². The molecular weight excluding hydrogens is 458 g/mol. The number of aryl methyl sites for hydroxylation is 1. The minimum atomic E-state index is -0.0170. The van der Waals surface area contributed by atoms with Crippen molar-refractivity contribution in [3.63, 3.8) is 0 Å². The summed E-state index contributed by atoms with van der Waals surface area (Å²) < 4.78 is 5.22. The van der Waals surface area contributed by atoms with Gasteiger partial charge in [0, 0.05) is 55.3 Å². The van der Waals surface area contributed by atoms with E-state index >= 15 is 0 Å². The highest BCUT2D eigenvalue weighted by Crippen LogP contribution is 2.17. The fourth-order valence-corrected chi connectivity index (χ4v) is 5.02. The van der Waals surface area contributed by atoms with E-state index in [1.165, 1.54) is 10.4 Å². The van der Waals surface area contributed by atoms with Crippen LogP contribution in [-0.4, -0.2) is 61.4 Å². The third-order valence-electron chi connectivity index (χ3n) is 6.34. The van der Waals surface area contributed by atoms with Crippen molar-refractivity contribution in [2.24, 2.45) is 0 Å². The lowest BCUT2D eigenvalue weighted by molar-refractivity contribution is -0.116. The summed E-state index contributed by atoms with van der Waals surface area (Å²) in [6, 6.07) is 19.6. The van der Waals surface area contributed by atoms with Gasteiger partial charge in [-0.15, -0.1) is 11.3 Å². The number of thiophene rings is 1. The van der Waals surface area contributed by atoms with Crippen LogP contribution in [0.1, 0.15) is 33.6 Å².